The van der Waals surface area contributed by atoms with E-state index in [1.807, 2.05) is 73.3 Å². The molecule has 2 aliphatic rings. The SMILES string of the molecule is CC(C)=CCN1C(=O)[C@@]2(CC(C)=C[C@@H](COCc3ccccc3)O2)c2ccccc21. The van der Waals surface area contributed by atoms with Crippen molar-refractivity contribution in [2.75, 3.05) is 18.1 Å². The summed E-state index contributed by atoms with van der Waals surface area (Å²) in [7, 11) is 0. The maximum Gasteiger partial charge on any atom is 0.264 e. The molecule has 4 heteroatoms. The quantitative estimate of drug-likeness (QED) is 0.627. The van der Waals surface area contributed by atoms with Crippen molar-refractivity contribution in [1.82, 2.24) is 0 Å². The zero-order chi connectivity index (χ0) is 21.1. The number of amides is 1. The van der Waals surface area contributed by atoms with Gasteiger partial charge in [-0.1, -0.05) is 71.8 Å². The highest BCUT2D eigenvalue weighted by molar-refractivity contribution is 6.07. The Labute approximate surface area is 178 Å². The molecular weight excluding hydrogens is 374 g/mol. The van der Waals surface area contributed by atoms with Crippen LogP contribution in [0.25, 0.3) is 0 Å². The molecule has 0 saturated heterocycles. The number of carbonyl (C=O) groups is 1. The van der Waals surface area contributed by atoms with E-state index in [0.717, 1.165) is 22.4 Å². The predicted molar refractivity (Wildman–Crippen MR) is 119 cm³/mol. The van der Waals surface area contributed by atoms with E-state index in [9.17, 15) is 4.79 Å². The number of rotatable bonds is 6. The first-order chi connectivity index (χ1) is 14.5. The molecule has 0 aliphatic carbocycles. The standard InChI is InChI=1S/C26H29NO3/c1-19(2)13-14-27-24-12-8-7-11-23(24)26(25(27)28)16-20(3)15-22(30-26)18-29-17-21-9-5-4-6-10-21/h4-13,15,22H,14,16-18H2,1-3H3/t22-,26+/m0/s1. The maximum absolute atomic E-state index is 13.6. The average molecular weight is 404 g/mol. The number of nitrogens with zero attached hydrogens (tertiary/aromatic N) is 1. The molecule has 2 atom stereocenters. The van der Waals surface area contributed by atoms with Gasteiger partial charge in [0.2, 0.25) is 0 Å². The molecule has 2 aromatic rings. The van der Waals surface area contributed by atoms with Crippen LogP contribution in [0, 0.1) is 0 Å². The third-order valence-electron chi connectivity index (χ3n) is 5.65. The molecule has 1 amide bonds. The second-order valence-corrected chi connectivity index (χ2v) is 8.39. The van der Waals surface area contributed by atoms with Crippen LogP contribution >= 0.6 is 0 Å². The molecule has 2 aliphatic heterocycles. The highest BCUT2D eigenvalue weighted by atomic mass is 16.6. The molecule has 0 bridgehead atoms. The van der Waals surface area contributed by atoms with Crippen LogP contribution in [0.1, 0.15) is 38.3 Å². The summed E-state index contributed by atoms with van der Waals surface area (Å²) >= 11 is 0. The van der Waals surface area contributed by atoms with Gasteiger partial charge in [0, 0.05) is 18.5 Å². The molecule has 2 heterocycles. The van der Waals surface area contributed by atoms with Crippen LogP contribution in [0.15, 0.2) is 77.9 Å². The van der Waals surface area contributed by atoms with Crippen molar-refractivity contribution in [2.45, 2.75) is 45.5 Å². The molecule has 30 heavy (non-hydrogen) atoms. The molecule has 156 valence electrons. The highest BCUT2D eigenvalue weighted by Crippen LogP contribution is 2.48. The Kier molecular flexibility index (Phi) is 5.89. The van der Waals surface area contributed by atoms with Crippen LogP contribution in [-0.4, -0.2) is 25.2 Å². The first kappa shape index (κ1) is 20.6. The summed E-state index contributed by atoms with van der Waals surface area (Å²) in [5.74, 6) is 0.0155. The minimum absolute atomic E-state index is 0.0155. The largest absolute Gasteiger partial charge is 0.374 e. The Morgan fingerprint density at radius 2 is 1.90 bits per heavy atom. The molecule has 4 rings (SSSR count). The van der Waals surface area contributed by atoms with E-state index in [0.29, 0.717) is 26.2 Å². The average Bonchev–Trinajstić information content (AvgIpc) is 2.94. The van der Waals surface area contributed by atoms with Crippen molar-refractivity contribution in [2.24, 2.45) is 0 Å². The van der Waals surface area contributed by atoms with Gasteiger partial charge in [0.15, 0.2) is 5.60 Å². The minimum Gasteiger partial charge on any atom is -0.374 e. The van der Waals surface area contributed by atoms with Crippen molar-refractivity contribution in [3.05, 3.63) is 89.0 Å². The fourth-order valence-electron chi connectivity index (χ4n) is 4.29. The van der Waals surface area contributed by atoms with Crippen LogP contribution < -0.4 is 4.90 Å². The van der Waals surface area contributed by atoms with Gasteiger partial charge in [-0.15, -0.1) is 0 Å². The lowest BCUT2D eigenvalue weighted by atomic mass is 9.85. The van der Waals surface area contributed by atoms with Gasteiger partial charge >= 0.3 is 0 Å². The fraction of sp³-hybridized carbons (Fsp3) is 0.346. The maximum atomic E-state index is 13.6. The second kappa shape index (κ2) is 8.58. The Morgan fingerprint density at radius 3 is 2.67 bits per heavy atom. The van der Waals surface area contributed by atoms with E-state index >= 15 is 0 Å². The summed E-state index contributed by atoms with van der Waals surface area (Å²) in [6.07, 6.45) is 4.48. The Morgan fingerprint density at radius 1 is 1.17 bits per heavy atom. The summed E-state index contributed by atoms with van der Waals surface area (Å²) in [6, 6.07) is 18.1. The molecule has 0 N–H and O–H groups in total. The molecule has 4 nitrogen and oxygen atoms in total. The van der Waals surface area contributed by atoms with Crippen LogP contribution in [0.4, 0.5) is 5.69 Å². The monoisotopic (exact) mass is 403 g/mol. The van der Waals surface area contributed by atoms with E-state index < -0.39 is 5.60 Å². The lowest BCUT2D eigenvalue weighted by Gasteiger charge is -2.36. The van der Waals surface area contributed by atoms with Crippen molar-refractivity contribution in [3.8, 4) is 0 Å². The molecule has 0 fully saturated rings. The van der Waals surface area contributed by atoms with Crippen LogP contribution in [0.3, 0.4) is 0 Å². The normalized spacial score (nSPS) is 22.8. The number of benzene rings is 2. The zero-order valence-corrected chi connectivity index (χ0v) is 17.9. The van der Waals surface area contributed by atoms with Crippen molar-refractivity contribution in [3.63, 3.8) is 0 Å². The number of ether oxygens (including phenoxy) is 2. The third kappa shape index (κ3) is 3.98. The van der Waals surface area contributed by atoms with E-state index in [1.54, 1.807) is 0 Å². The molecule has 0 radical (unpaired) electrons. The molecule has 0 unspecified atom stereocenters. The molecule has 1 spiro atoms. The number of carbonyl (C=O) groups excluding carboxylic acids is 1. The van der Waals surface area contributed by atoms with E-state index in [-0.39, 0.29) is 12.0 Å². The summed E-state index contributed by atoms with van der Waals surface area (Å²) in [5.41, 5.74) is 4.40. The molecular formula is C26H29NO3. The van der Waals surface area contributed by atoms with Crippen LogP contribution in [-0.2, 0) is 26.5 Å². The lowest BCUT2D eigenvalue weighted by molar-refractivity contribution is -0.156. The van der Waals surface area contributed by atoms with Crippen molar-refractivity contribution < 1.29 is 14.3 Å². The Bertz CT molecular complexity index is 975. The van der Waals surface area contributed by atoms with Gasteiger partial charge in [-0.3, -0.25) is 4.79 Å². The number of allylic oxidation sites excluding steroid dienone is 1. The van der Waals surface area contributed by atoms with Gasteiger partial charge in [-0.05, 0) is 32.4 Å². The van der Waals surface area contributed by atoms with Crippen molar-refractivity contribution in [1.29, 1.82) is 0 Å². The molecule has 2 aromatic carbocycles. The summed E-state index contributed by atoms with van der Waals surface area (Å²) < 4.78 is 12.4. The first-order valence-electron chi connectivity index (χ1n) is 10.5. The van der Waals surface area contributed by atoms with Gasteiger partial charge in [0.05, 0.1) is 18.9 Å². The Hall–Kier alpha value is -2.69. The number of hydrogen-bond donors (Lipinski definition) is 0. The summed E-state index contributed by atoms with van der Waals surface area (Å²) in [4.78, 5) is 15.5. The lowest BCUT2D eigenvalue weighted by Crippen LogP contribution is -2.47. The first-order valence-corrected chi connectivity index (χ1v) is 10.5. The van der Waals surface area contributed by atoms with E-state index in [1.165, 1.54) is 5.57 Å². The van der Waals surface area contributed by atoms with Gasteiger partial charge in [-0.25, -0.2) is 0 Å². The van der Waals surface area contributed by atoms with Crippen LogP contribution in [0.5, 0.6) is 0 Å². The third-order valence-corrected chi connectivity index (χ3v) is 5.65. The second-order valence-electron chi connectivity index (χ2n) is 8.39. The Balaban J connectivity index is 1.56. The zero-order valence-electron chi connectivity index (χ0n) is 17.9. The van der Waals surface area contributed by atoms with Gasteiger partial charge in [0.25, 0.3) is 5.91 Å². The number of anilines is 1. The molecule has 0 saturated carbocycles. The minimum atomic E-state index is -0.967. The number of para-hydroxylation sites is 1. The van der Waals surface area contributed by atoms with E-state index in [4.69, 9.17) is 9.47 Å². The number of fused-ring (bicyclic) bond motifs is 2. The highest BCUT2D eigenvalue weighted by Gasteiger charge is 2.54. The molecule has 0 aromatic heterocycles. The predicted octanol–water partition coefficient (Wildman–Crippen LogP) is 5.15. The topological polar surface area (TPSA) is 38.8 Å². The fourth-order valence-corrected chi connectivity index (χ4v) is 4.29. The summed E-state index contributed by atoms with van der Waals surface area (Å²) in [5, 5.41) is 0. The van der Waals surface area contributed by atoms with Crippen molar-refractivity contribution >= 4 is 11.6 Å². The van der Waals surface area contributed by atoms with Crippen LogP contribution in [0.2, 0.25) is 0 Å². The van der Waals surface area contributed by atoms with Gasteiger partial charge in [0.1, 0.15) is 6.10 Å². The van der Waals surface area contributed by atoms with Gasteiger partial charge in [-0.2, -0.15) is 0 Å². The smallest absolute Gasteiger partial charge is 0.264 e. The van der Waals surface area contributed by atoms with E-state index in [2.05, 4.69) is 19.1 Å². The summed E-state index contributed by atoms with van der Waals surface area (Å²) in [6.45, 7) is 7.66. The number of hydrogen-bond acceptors (Lipinski definition) is 3. The van der Waals surface area contributed by atoms with Gasteiger partial charge < -0.3 is 14.4 Å².